The zero-order chi connectivity index (χ0) is 16.5. The van der Waals surface area contributed by atoms with E-state index < -0.39 is 5.54 Å². The van der Waals surface area contributed by atoms with Gasteiger partial charge < -0.3 is 15.0 Å². The van der Waals surface area contributed by atoms with E-state index in [4.69, 9.17) is 10.5 Å². The molecule has 0 saturated carbocycles. The van der Waals surface area contributed by atoms with Crippen LogP contribution >= 0.6 is 0 Å². The number of aromatic nitrogens is 1. The van der Waals surface area contributed by atoms with Crippen LogP contribution in [0, 0.1) is 0 Å². The third-order valence-corrected chi connectivity index (χ3v) is 3.71. The predicted molar refractivity (Wildman–Crippen MR) is 90.3 cm³/mol. The fourth-order valence-electron chi connectivity index (χ4n) is 2.55. The van der Waals surface area contributed by atoms with Gasteiger partial charge in [-0.25, -0.2) is 0 Å². The Balaban J connectivity index is 2.66. The van der Waals surface area contributed by atoms with E-state index in [9.17, 15) is 4.79 Å². The summed E-state index contributed by atoms with van der Waals surface area (Å²) in [6, 6.07) is 11.6. The van der Waals surface area contributed by atoms with Crippen LogP contribution in [0.1, 0.15) is 39.3 Å². The molecule has 1 heterocycles. The first-order chi connectivity index (χ1) is 10.3. The van der Waals surface area contributed by atoms with Gasteiger partial charge in [-0.05, 0) is 69.7 Å². The Morgan fingerprint density at radius 3 is 2.14 bits per heavy atom. The number of hydrogen-bond acceptors (Lipinski definition) is 3. The van der Waals surface area contributed by atoms with Crippen molar-refractivity contribution in [2.75, 3.05) is 7.11 Å². The molecule has 1 aromatic heterocycles. The van der Waals surface area contributed by atoms with Gasteiger partial charge >= 0.3 is 0 Å². The summed E-state index contributed by atoms with van der Waals surface area (Å²) >= 11 is 0. The molecule has 4 nitrogen and oxygen atoms in total. The Kier molecular flexibility index (Phi) is 4.42. The lowest BCUT2D eigenvalue weighted by Gasteiger charge is -2.23. The van der Waals surface area contributed by atoms with Crippen molar-refractivity contribution in [2.45, 2.75) is 39.3 Å². The van der Waals surface area contributed by atoms with Crippen LogP contribution in [0.4, 0.5) is 0 Å². The van der Waals surface area contributed by atoms with Crippen LogP contribution in [0.15, 0.2) is 41.2 Å². The molecule has 1 aromatic carbocycles. The monoisotopic (exact) mass is 300 g/mol. The highest BCUT2D eigenvalue weighted by Gasteiger charge is 2.22. The summed E-state index contributed by atoms with van der Waals surface area (Å²) in [6.07, 6.45) is 0. The first-order valence-electron chi connectivity index (χ1n) is 7.45. The number of methoxy groups -OCH3 is 1. The third-order valence-electron chi connectivity index (χ3n) is 3.71. The number of hydrogen-bond donors (Lipinski definition) is 1. The van der Waals surface area contributed by atoms with E-state index in [0.717, 1.165) is 17.0 Å². The van der Waals surface area contributed by atoms with Gasteiger partial charge in [0.05, 0.1) is 12.8 Å². The van der Waals surface area contributed by atoms with Crippen LogP contribution in [0.2, 0.25) is 0 Å². The van der Waals surface area contributed by atoms with Gasteiger partial charge in [-0.3, -0.25) is 4.79 Å². The lowest BCUT2D eigenvalue weighted by atomic mass is 9.95. The highest BCUT2D eigenvalue weighted by atomic mass is 16.5. The standard InChI is InChI=1S/C18H24N2O2/c1-12(2)20-16(13-6-8-14(22-5)9-7-13)11-10-15(17(20)21)18(3,4)19/h6-12H,19H2,1-5H3. The molecule has 0 spiro atoms. The molecule has 0 fully saturated rings. The average Bonchev–Trinajstić information content (AvgIpc) is 2.45. The molecule has 2 rings (SSSR count). The Morgan fingerprint density at radius 2 is 1.68 bits per heavy atom. The molecule has 0 bridgehead atoms. The van der Waals surface area contributed by atoms with E-state index in [1.807, 2.05) is 64.1 Å². The van der Waals surface area contributed by atoms with Crippen LogP contribution in [0.5, 0.6) is 5.75 Å². The fourth-order valence-corrected chi connectivity index (χ4v) is 2.55. The minimum atomic E-state index is -0.661. The van der Waals surface area contributed by atoms with Crippen LogP contribution in [-0.2, 0) is 5.54 Å². The van der Waals surface area contributed by atoms with E-state index in [0.29, 0.717) is 5.56 Å². The van der Waals surface area contributed by atoms with Crippen molar-refractivity contribution in [3.63, 3.8) is 0 Å². The van der Waals surface area contributed by atoms with Crippen LogP contribution in [-0.4, -0.2) is 11.7 Å². The second-order valence-corrected chi connectivity index (χ2v) is 6.35. The SMILES string of the molecule is COc1ccc(-c2ccc(C(C)(C)N)c(=O)n2C(C)C)cc1. The minimum Gasteiger partial charge on any atom is -0.497 e. The van der Waals surface area contributed by atoms with Crippen molar-refractivity contribution < 1.29 is 4.74 Å². The molecule has 0 unspecified atom stereocenters. The lowest BCUT2D eigenvalue weighted by Crippen LogP contribution is -2.38. The van der Waals surface area contributed by atoms with Crippen molar-refractivity contribution in [3.05, 3.63) is 52.3 Å². The maximum absolute atomic E-state index is 12.8. The highest BCUT2D eigenvalue weighted by molar-refractivity contribution is 5.61. The molecule has 0 radical (unpaired) electrons. The largest absolute Gasteiger partial charge is 0.497 e. The zero-order valence-electron chi connectivity index (χ0n) is 13.9. The van der Waals surface area contributed by atoms with E-state index in [-0.39, 0.29) is 11.6 Å². The van der Waals surface area contributed by atoms with Gasteiger partial charge in [-0.15, -0.1) is 0 Å². The number of nitrogens with zero attached hydrogens (tertiary/aromatic N) is 1. The molecular formula is C18H24N2O2. The summed E-state index contributed by atoms with van der Waals surface area (Å²) in [5.41, 5.74) is 7.92. The van der Waals surface area contributed by atoms with Crippen molar-refractivity contribution in [3.8, 4) is 17.0 Å². The van der Waals surface area contributed by atoms with E-state index in [1.54, 1.807) is 11.7 Å². The summed E-state index contributed by atoms with van der Waals surface area (Å²) < 4.78 is 6.98. The second kappa shape index (κ2) is 5.97. The minimum absolute atomic E-state index is 0.0316. The maximum atomic E-state index is 12.8. The summed E-state index contributed by atoms with van der Waals surface area (Å²) in [6.45, 7) is 7.70. The van der Waals surface area contributed by atoms with Gasteiger partial charge in [0.2, 0.25) is 0 Å². The van der Waals surface area contributed by atoms with Crippen molar-refractivity contribution in [1.82, 2.24) is 4.57 Å². The Hall–Kier alpha value is -2.07. The highest BCUT2D eigenvalue weighted by Crippen LogP contribution is 2.25. The van der Waals surface area contributed by atoms with Gasteiger partial charge in [0.25, 0.3) is 5.56 Å². The van der Waals surface area contributed by atoms with Gasteiger partial charge in [-0.1, -0.05) is 0 Å². The molecule has 0 saturated heterocycles. The van der Waals surface area contributed by atoms with Crippen molar-refractivity contribution >= 4 is 0 Å². The number of ether oxygens (including phenoxy) is 1. The normalized spacial score (nSPS) is 11.8. The van der Waals surface area contributed by atoms with E-state index >= 15 is 0 Å². The Labute approximate surface area is 131 Å². The molecule has 118 valence electrons. The molecule has 0 aliphatic heterocycles. The summed E-state index contributed by atoms with van der Waals surface area (Å²) in [4.78, 5) is 12.8. The number of pyridine rings is 1. The maximum Gasteiger partial charge on any atom is 0.256 e. The summed E-state index contributed by atoms with van der Waals surface area (Å²) in [5.74, 6) is 0.793. The predicted octanol–water partition coefficient (Wildman–Crippen LogP) is 3.30. The Morgan fingerprint density at radius 1 is 1.09 bits per heavy atom. The Bertz CT molecular complexity index is 707. The molecule has 2 N–H and O–H groups in total. The summed E-state index contributed by atoms with van der Waals surface area (Å²) in [7, 11) is 1.64. The molecule has 22 heavy (non-hydrogen) atoms. The average molecular weight is 300 g/mol. The zero-order valence-corrected chi connectivity index (χ0v) is 13.9. The van der Waals surface area contributed by atoms with Crippen LogP contribution in [0.25, 0.3) is 11.3 Å². The van der Waals surface area contributed by atoms with Crippen LogP contribution < -0.4 is 16.0 Å². The number of benzene rings is 1. The van der Waals surface area contributed by atoms with Gasteiger partial charge in [0.15, 0.2) is 0 Å². The van der Waals surface area contributed by atoms with Crippen molar-refractivity contribution in [2.24, 2.45) is 5.73 Å². The van der Waals surface area contributed by atoms with Gasteiger partial charge in [-0.2, -0.15) is 0 Å². The van der Waals surface area contributed by atoms with Crippen LogP contribution in [0.3, 0.4) is 0 Å². The lowest BCUT2D eigenvalue weighted by molar-refractivity contribution is 0.415. The topological polar surface area (TPSA) is 57.2 Å². The van der Waals surface area contributed by atoms with Gasteiger partial charge in [0, 0.05) is 17.1 Å². The molecular weight excluding hydrogens is 276 g/mol. The molecule has 4 heteroatoms. The molecule has 0 amide bonds. The number of nitrogens with two attached hydrogens (primary N) is 1. The van der Waals surface area contributed by atoms with E-state index in [1.165, 1.54) is 0 Å². The summed E-state index contributed by atoms with van der Waals surface area (Å²) in [5, 5.41) is 0. The molecule has 0 aliphatic carbocycles. The first kappa shape index (κ1) is 16.3. The smallest absolute Gasteiger partial charge is 0.256 e. The van der Waals surface area contributed by atoms with Crippen molar-refractivity contribution in [1.29, 1.82) is 0 Å². The van der Waals surface area contributed by atoms with E-state index in [2.05, 4.69) is 0 Å². The van der Waals surface area contributed by atoms with Gasteiger partial charge in [0.1, 0.15) is 5.75 Å². The quantitative estimate of drug-likeness (QED) is 0.942. The molecule has 2 aromatic rings. The second-order valence-electron chi connectivity index (χ2n) is 6.35. The fraction of sp³-hybridized carbons (Fsp3) is 0.389. The molecule has 0 aliphatic rings. The third kappa shape index (κ3) is 3.07. The molecule has 0 atom stereocenters. The number of rotatable bonds is 4. The first-order valence-corrected chi connectivity index (χ1v) is 7.45.